The van der Waals surface area contributed by atoms with E-state index in [-0.39, 0.29) is 5.91 Å². The average Bonchev–Trinajstić information content (AvgIpc) is 2.99. The van der Waals surface area contributed by atoms with Crippen LogP contribution >= 0.6 is 0 Å². The summed E-state index contributed by atoms with van der Waals surface area (Å²) in [5, 5.41) is 9.64. The summed E-state index contributed by atoms with van der Waals surface area (Å²) in [6, 6.07) is 13.1. The Labute approximate surface area is 115 Å². The first-order valence-electron chi connectivity index (χ1n) is 6.15. The summed E-state index contributed by atoms with van der Waals surface area (Å²) in [4.78, 5) is 16.2. The molecule has 2 N–H and O–H groups in total. The quantitative estimate of drug-likeness (QED) is 0.764. The van der Waals surface area contributed by atoms with Crippen molar-refractivity contribution in [1.82, 2.24) is 15.2 Å². The Hall–Kier alpha value is -2.95. The van der Waals surface area contributed by atoms with Crippen molar-refractivity contribution in [3.63, 3.8) is 0 Å². The number of H-pyrrole nitrogens is 1. The molecular weight excluding hydrogens is 252 g/mol. The van der Waals surface area contributed by atoms with Crippen LogP contribution in [-0.2, 0) is 0 Å². The Morgan fingerprint density at radius 3 is 2.55 bits per heavy atom. The molecule has 1 aromatic carbocycles. The van der Waals surface area contributed by atoms with Crippen LogP contribution in [0.25, 0.3) is 11.3 Å². The predicted molar refractivity (Wildman–Crippen MR) is 76.2 cm³/mol. The van der Waals surface area contributed by atoms with Crippen LogP contribution in [0.3, 0.4) is 0 Å². The maximum atomic E-state index is 12.3. The van der Waals surface area contributed by atoms with Crippen LogP contribution in [0.5, 0.6) is 0 Å². The Morgan fingerprint density at radius 2 is 1.80 bits per heavy atom. The molecule has 98 valence electrons. The molecule has 0 aliphatic carbocycles. The normalized spacial score (nSPS) is 10.2. The van der Waals surface area contributed by atoms with E-state index in [9.17, 15) is 4.79 Å². The summed E-state index contributed by atoms with van der Waals surface area (Å²) in [5.41, 5.74) is 2.83. The van der Waals surface area contributed by atoms with Gasteiger partial charge in [-0.05, 0) is 12.1 Å². The standard InChI is InChI=1S/C15H12N4O/c20-15(18-12-6-8-16-9-7-12)13-10-17-19-14(13)11-4-2-1-3-5-11/h1-10H,(H,17,19)(H,16,18,20). The number of nitrogens with zero attached hydrogens (tertiary/aromatic N) is 2. The highest BCUT2D eigenvalue weighted by atomic mass is 16.1. The fourth-order valence-electron chi connectivity index (χ4n) is 1.92. The number of amides is 1. The zero-order valence-electron chi connectivity index (χ0n) is 10.6. The zero-order valence-corrected chi connectivity index (χ0v) is 10.6. The summed E-state index contributed by atoms with van der Waals surface area (Å²) < 4.78 is 0. The largest absolute Gasteiger partial charge is 0.322 e. The van der Waals surface area contributed by atoms with E-state index in [4.69, 9.17) is 0 Å². The molecule has 0 spiro atoms. The van der Waals surface area contributed by atoms with Crippen LogP contribution in [0.2, 0.25) is 0 Å². The molecule has 0 saturated heterocycles. The molecule has 0 atom stereocenters. The highest BCUT2D eigenvalue weighted by molar-refractivity contribution is 6.07. The summed E-state index contributed by atoms with van der Waals surface area (Å²) in [6.45, 7) is 0. The van der Waals surface area contributed by atoms with Gasteiger partial charge >= 0.3 is 0 Å². The van der Waals surface area contributed by atoms with Crippen LogP contribution in [0, 0.1) is 0 Å². The first-order valence-corrected chi connectivity index (χ1v) is 6.15. The number of aromatic nitrogens is 3. The minimum absolute atomic E-state index is 0.205. The lowest BCUT2D eigenvalue weighted by Gasteiger charge is -2.05. The van der Waals surface area contributed by atoms with Crippen molar-refractivity contribution in [2.75, 3.05) is 5.32 Å². The molecule has 5 nitrogen and oxygen atoms in total. The Morgan fingerprint density at radius 1 is 1.05 bits per heavy atom. The Balaban J connectivity index is 1.88. The van der Waals surface area contributed by atoms with E-state index in [2.05, 4.69) is 20.5 Å². The number of hydrogen-bond donors (Lipinski definition) is 2. The summed E-state index contributed by atoms with van der Waals surface area (Å²) in [7, 11) is 0. The minimum atomic E-state index is -0.205. The molecule has 0 bridgehead atoms. The fraction of sp³-hybridized carbons (Fsp3) is 0. The molecule has 3 aromatic rings. The van der Waals surface area contributed by atoms with Crippen molar-refractivity contribution in [2.45, 2.75) is 0 Å². The molecular formula is C15H12N4O. The summed E-state index contributed by atoms with van der Waals surface area (Å²) in [5.74, 6) is -0.205. The van der Waals surface area contributed by atoms with Gasteiger partial charge in [0.2, 0.25) is 0 Å². The van der Waals surface area contributed by atoms with E-state index >= 15 is 0 Å². The molecule has 5 heteroatoms. The van der Waals surface area contributed by atoms with E-state index in [1.54, 1.807) is 24.5 Å². The lowest BCUT2D eigenvalue weighted by Crippen LogP contribution is -2.12. The molecule has 2 heterocycles. The third-order valence-corrected chi connectivity index (χ3v) is 2.88. The molecule has 0 aliphatic rings. The second-order valence-corrected chi connectivity index (χ2v) is 4.21. The van der Waals surface area contributed by atoms with Crippen LogP contribution < -0.4 is 5.32 Å². The maximum Gasteiger partial charge on any atom is 0.259 e. The average molecular weight is 264 g/mol. The molecule has 1 amide bonds. The van der Waals surface area contributed by atoms with Gasteiger partial charge in [0, 0.05) is 23.6 Å². The molecule has 0 fully saturated rings. The van der Waals surface area contributed by atoms with Gasteiger partial charge in [-0.1, -0.05) is 30.3 Å². The topological polar surface area (TPSA) is 70.7 Å². The molecule has 0 saturated carbocycles. The van der Waals surface area contributed by atoms with Gasteiger partial charge < -0.3 is 5.32 Å². The van der Waals surface area contributed by atoms with E-state index in [1.807, 2.05) is 30.3 Å². The number of rotatable bonds is 3. The second-order valence-electron chi connectivity index (χ2n) is 4.21. The minimum Gasteiger partial charge on any atom is -0.322 e. The van der Waals surface area contributed by atoms with E-state index < -0.39 is 0 Å². The predicted octanol–water partition coefficient (Wildman–Crippen LogP) is 2.72. The third-order valence-electron chi connectivity index (χ3n) is 2.88. The number of nitrogens with one attached hydrogen (secondary N) is 2. The SMILES string of the molecule is O=C(Nc1ccncc1)c1cn[nH]c1-c1ccccc1. The fourth-order valence-corrected chi connectivity index (χ4v) is 1.92. The zero-order chi connectivity index (χ0) is 13.8. The van der Waals surface area contributed by atoms with E-state index in [1.165, 1.54) is 6.20 Å². The van der Waals surface area contributed by atoms with Crippen molar-refractivity contribution >= 4 is 11.6 Å². The lowest BCUT2D eigenvalue weighted by molar-refractivity contribution is 0.102. The lowest BCUT2D eigenvalue weighted by atomic mass is 10.1. The number of pyridine rings is 1. The monoisotopic (exact) mass is 264 g/mol. The second kappa shape index (κ2) is 5.36. The van der Waals surface area contributed by atoms with Gasteiger partial charge in [-0.2, -0.15) is 5.10 Å². The number of carbonyl (C=O) groups excluding carboxylic acids is 1. The number of benzene rings is 1. The van der Waals surface area contributed by atoms with Crippen LogP contribution in [-0.4, -0.2) is 21.1 Å². The third kappa shape index (κ3) is 2.42. The van der Waals surface area contributed by atoms with Crippen LogP contribution in [0.1, 0.15) is 10.4 Å². The van der Waals surface area contributed by atoms with Crippen molar-refractivity contribution in [3.8, 4) is 11.3 Å². The van der Waals surface area contributed by atoms with Gasteiger partial charge in [0.1, 0.15) is 0 Å². The van der Waals surface area contributed by atoms with Crippen molar-refractivity contribution in [3.05, 3.63) is 66.6 Å². The molecule has 2 aromatic heterocycles. The van der Waals surface area contributed by atoms with Crippen molar-refractivity contribution < 1.29 is 4.79 Å². The highest BCUT2D eigenvalue weighted by Gasteiger charge is 2.15. The molecule has 0 aliphatic heterocycles. The highest BCUT2D eigenvalue weighted by Crippen LogP contribution is 2.21. The van der Waals surface area contributed by atoms with E-state index in [0.717, 1.165) is 5.56 Å². The Bertz CT molecular complexity index is 707. The summed E-state index contributed by atoms with van der Waals surface area (Å²) >= 11 is 0. The van der Waals surface area contributed by atoms with Gasteiger partial charge in [0.05, 0.1) is 17.5 Å². The molecule has 0 radical (unpaired) electrons. The maximum absolute atomic E-state index is 12.3. The van der Waals surface area contributed by atoms with Crippen LogP contribution in [0.15, 0.2) is 61.1 Å². The molecule has 20 heavy (non-hydrogen) atoms. The number of aromatic amines is 1. The first kappa shape index (κ1) is 12.1. The van der Waals surface area contributed by atoms with Crippen molar-refractivity contribution in [1.29, 1.82) is 0 Å². The van der Waals surface area contributed by atoms with Gasteiger partial charge in [0.15, 0.2) is 0 Å². The van der Waals surface area contributed by atoms with E-state index in [0.29, 0.717) is 16.9 Å². The number of carbonyl (C=O) groups is 1. The summed E-state index contributed by atoms with van der Waals surface area (Å²) in [6.07, 6.45) is 4.78. The number of hydrogen-bond acceptors (Lipinski definition) is 3. The van der Waals surface area contributed by atoms with Gasteiger partial charge in [0.25, 0.3) is 5.91 Å². The van der Waals surface area contributed by atoms with Gasteiger partial charge in [-0.25, -0.2) is 0 Å². The molecule has 0 unspecified atom stereocenters. The van der Waals surface area contributed by atoms with Crippen molar-refractivity contribution in [2.24, 2.45) is 0 Å². The smallest absolute Gasteiger partial charge is 0.259 e. The van der Waals surface area contributed by atoms with Crippen LogP contribution in [0.4, 0.5) is 5.69 Å². The molecule has 3 rings (SSSR count). The first-order chi connectivity index (χ1) is 9.84. The Kier molecular flexibility index (Phi) is 3.24. The number of anilines is 1. The van der Waals surface area contributed by atoms with Gasteiger partial charge in [-0.15, -0.1) is 0 Å². The van der Waals surface area contributed by atoms with Gasteiger partial charge in [-0.3, -0.25) is 14.9 Å².